The summed E-state index contributed by atoms with van der Waals surface area (Å²) in [4.78, 5) is 11.9. The summed E-state index contributed by atoms with van der Waals surface area (Å²) in [6.45, 7) is 1.95. The van der Waals surface area contributed by atoms with Gasteiger partial charge in [-0.1, -0.05) is 23.7 Å². The molecule has 2 aromatic carbocycles. The summed E-state index contributed by atoms with van der Waals surface area (Å²) in [6, 6.07) is 12.1. The molecule has 2 rings (SSSR count). The summed E-state index contributed by atoms with van der Waals surface area (Å²) in [5, 5.41) is 6.27. The van der Waals surface area contributed by atoms with E-state index >= 15 is 0 Å². The van der Waals surface area contributed by atoms with Gasteiger partial charge in [-0.3, -0.25) is 4.79 Å². The van der Waals surface area contributed by atoms with E-state index in [0.29, 0.717) is 10.7 Å². The molecule has 4 nitrogen and oxygen atoms in total. The van der Waals surface area contributed by atoms with Crippen molar-refractivity contribution in [2.45, 2.75) is 19.3 Å². The molecule has 0 heterocycles. The molecule has 25 heavy (non-hydrogen) atoms. The fourth-order valence-corrected chi connectivity index (χ4v) is 2.19. The Balaban J connectivity index is 1.82. The van der Waals surface area contributed by atoms with E-state index in [1.54, 1.807) is 12.1 Å². The summed E-state index contributed by atoms with van der Waals surface area (Å²) in [5.74, 6) is -0.662. The molecular weight excluding hydrogens is 357 g/mol. The van der Waals surface area contributed by atoms with Gasteiger partial charge in [-0.25, -0.2) is 0 Å². The first-order valence-electron chi connectivity index (χ1n) is 7.37. The average molecular weight is 373 g/mol. The number of carbonyl (C=O) groups is 1. The lowest BCUT2D eigenvalue weighted by molar-refractivity contribution is -0.274. The fourth-order valence-electron chi connectivity index (χ4n) is 2.06. The van der Waals surface area contributed by atoms with Gasteiger partial charge < -0.3 is 15.4 Å². The van der Waals surface area contributed by atoms with Crippen LogP contribution in [0.25, 0.3) is 0 Å². The minimum Gasteiger partial charge on any atom is -0.406 e. The van der Waals surface area contributed by atoms with Crippen molar-refractivity contribution >= 4 is 23.2 Å². The highest BCUT2D eigenvalue weighted by atomic mass is 35.5. The first-order valence-corrected chi connectivity index (χ1v) is 7.75. The Hall–Kier alpha value is -2.25. The lowest BCUT2D eigenvalue weighted by atomic mass is 10.1. The molecule has 1 amide bonds. The Morgan fingerprint density at radius 2 is 1.72 bits per heavy atom. The van der Waals surface area contributed by atoms with Crippen LogP contribution in [0, 0.1) is 0 Å². The number of carbonyl (C=O) groups excluding carboxylic acids is 1. The van der Waals surface area contributed by atoms with Crippen LogP contribution in [-0.2, 0) is 4.79 Å². The third-order valence-electron chi connectivity index (χ3n) is 3.31. The number of hydrogen-bond acceptors (Lipinski definition) is 3. The minimum absolute atomic E-state index is 0.0462. The molecule has 0 radical (unpaired) electrons. The van der Waals surface area contributed by atoms with Crippen molar-refractivity contribution in [1.29, 1.82) is 0 Å². The smallest absolute Gasteiger partial charge is 0.406 e. The topological polar surface area (TPSA) is 50.4 Å². The van der Waals surface area contributed by atoms with E-state index in [-0.39, 0.29) is 24.2 Å². The number of anilines is 1. The summed E-state index contributed by atoms with van der Waals surface area (Å²) in [6.07, 6.45) is -4.74. The molecule has 0 spiro atoms. The van der Waals surface area contributed by atoms with E-state index < -0.39 is 6.36 Å². The number of halogens is 4. The van der Waals surface area contributed by atoms with Crippen molar-refractivity contribution < 1.29 is 22.7 Å². The molecule has 0 bridgehead atoms. The van der Waals surface area contributed by atoms with Crippen molar-refractivity contribution in [3.05, 3.63) is 59.1 Å². The quantitative estimate of drug-likeness (QED) is 0.783. The Kier molecular flexibility index (Phi) is 6.27. The predicted octanol–water partition coefficient (Wildman–Crippen LogP) is 4.53. The van der Waals surface area contributed by atoms with Crippen molar-refractivity contribution in [2.75, 3.05) is 11.9 Å². The molecule has 0 aliphatic carbocycles. The second-order valence-electron chi connectivity index (χ2n) is 5.27. The first-order chi connectivity index (χ1) is 11.7. The van der Waals surface area contributed by atoms with E-state index in [2.05, 4.69) is 15.4 Å². The second-order valence-corrected chi connectivity index (χ2v) is 5.71. The van der Waals surface area contributed by atoms with Crippen LogP contribution in [0.5, 0.6) is 5.75 Å². The van der Waals surface area contributed by atoms with Gasteiger partial charge in [0, 0.05) is 16.8 Å². The van der Waals surface area contributed by atoms with Crippen molar-refractivity contribution in [1.82, 2.24) is 5.32 Å². The highest BCUT2D eigenvalue weighted by molar-refractivity contribution is 6.30. The van der Waals surface area contributed by atoms with Crippen LogP contribution in [0.15, 0.2) is 48.5 Å². The van der Waals surface area contributed by atoms with Gasteiger partial charge in [0.25, 0.3) is 0 Å². The Morgan fingerprint density at radius 3 is 2.28 bits per heavy atom. The number of amides is 1. The highest BCUT2D eigenvalue weighted by Gasteiger charge is 2.30. The predicted molar refractivity (Wildman–Crippen MR) is 89.6 cm³/mol. The van der Waals surface area contributed by atoms with Crippen LogP contribution in [0.2, 0.25) is 5.02 Å². The van der Waals surface area contributed by atoms with E-state index in [1.165, 1.54) is 12.1 Å². The van der Waals surface area contributed by atoms with Gasteiger partial charge in [-0.15, -0.1) is 13.2 Å². The maximum atomic E-state index is 12.1. The van der Waals surface area contributed by atoms with E-state index in [9.17, 15) is 18.0 Å². The van der Waals surface area contributed by atoms with Gasteiger partial charge >= 0.3 is 6.36 Å². The number of nitrogens with one attached hydrogen (secondary N) is 2. The highest BCUT2D eigenvalue weighted by Crippen LogP contribution is 2.24. The molecule has 8 heteroatoms. The van der Waals surface area contributed by atoms with E-state index in [1.807, 2.05) is 19.1 Å². The SMILES string of the molecule is C[C@H](NCC(=O)Nc1ccc(OC(F)(F)F)cc1)c1ccc(Cl)cc1. The van der Waals surface area contributed by atoms with Gasteiger partial charge in [0.1, 0.15) is 5.75 Å². The minimum atomic E-state index is -4.74. The molecule has 0 aliphatic rings. The van der Waals surface area contributed by atoms with Crippen molar-refractivity contribution in [3.63, 3.8) is 0 Å². The normalized spacial score (nSPS) is 12.5. The number of alkyl halides is 3. The molecule has 0 saturated heterocycles. The average Bonchev–Trinajstić information content (AvgIpc) is 2.54. The molecule has 0 aliphatic heterocycles. The van der Waals surface area contributed by atoms with Crippen LogP contribution >= 0.6 is 11.6 Å². The van der Waals surface area contributed by atoms with E-state index in [4.69, 9.17) is 11.6 Å². The lowest BCUT2D eigenvalue weighted by Crippen LogP contribution is -2.30. The third-order valence-corrected chi connectivity index (χ3v) is 3.56. The summed E-state index contributed by atoms with van der Waals surface area (Å²) in [7, 11) is 0. The van der Waals surface area contributed by atoms with Gasteiger partial charge in [-0.05, 0) is 48.9 Å². The summed E-state index contributed by atoms with van der Waals surface area (Å²) < 4.78 is 40.0. The number of rotatable bonds is 6. The molecule has 1 atom stereocenters. The molecule has 0 aromatic heterocycles. The van der Waals surface area contributed by atoms with Crippen LogP contribution in [0.3, 0.4) is 0 Å². The van der Waals surface area contributed by atoms with Gasteiger partial charge in [0.2, 0.25) is 5.91 Å². The fraction of sp³-hybridized carbons (Fsp3) is 0.235. The summed E-state index contributed by atoms with van der Waals surface area (Å²) in [5.41, 5.74) is 1.35. The van der Waals surface area contributed by atoms with E-state index in [0.717, 1.165) is 17.7 Å². The molecule has 0 saturated carbocycles. The Labute approximate surface area is 147 Å². The maximum Gasteiger partial charge on any atom is 0.573 e. The second kappa shape index (κ2) is 8.22. The van der Waals surface area contributed by atoms with Crippen LogP contribution < -0.4 is 15.4 Å². The number of ether oxygens (including phenoxy) is 1. The first kappa shape index (κ1) is 19.1. The number of hydrogen-bond donors (Lipinski definition) is 2. The zero-order chi connectivity index (χ0) is 18.4. The van der Waals surface area contributed by atoms with Crippen molar-refractivity contribution in [3.8, 4) is 5.75 Å². The molecule has 0 unspecified atom stereocenters. The monoisotopic (exact) mass is 372 g/mol. The molecule has 2 N–H and O–H groups in total. The van der Waals surface area contributed by atoms with Crippen LogP contribution in [0.4, 0.5) is 18.9 Å². The van der Waals surface area contributed by atoms with Crippen molar-refractivity contribution in [2.24, 2.45) is 0 Å². The molecule has 134 valence electrons. The Morgan fingerprint density at radius 1 is 1.12 bits per heavy atom. The van der Waals surface area contributed by atoms with Gasteiger partial charge in [-0.2, -0.15) is 0 Å². The van der Waals surface area contributed by atoms with Gasteiger partial charge in [0.05, 0.1) is 6.54 Å². The number of benzene rings is 2. The maximum absolute atomic E-state index is 12.1. The Bertz CT molecular complexity index is 703. The standard InChI is InChI=1S/C17H16ClF3N2O2/c1-11(12-2-4-13(18)5-3-12)22-10-16(24)23-14-6-8-15(9-7-14)25-17(19,20)21/h2-9,11,22H,10H2,1H3,(H,23,24)/t11-/m0/s1. The third kappa shape index (κ3) is 6.64. The molecular formula is C17H16ClF3N2O2. The van der Waals surface area contributed by atoms with Crippen LogP contribution in [0.1, 0.15) is 18.5 Å². The zero-order valence-electron chi connectivity index (χ0n) is 13.2. The largest absolute Gasteiger partial charge is 0.573 e. The van der Waals surface area contributed by atoms with Gasteiger partial charge in [0.15, 0.2) is 0 Å². The summed E-state index contributed by atoms with van der Waals surface area (Å²) >= 11 is 5.82. The molecule has 2 aromatic rings. The lowest BCUT2D eigenvalue weighted by Gasteiger charge is -2.14. The zero-order valence-corrected chi connectivity index (χ0v) is 14.0. The van der Waals surface area contributed by atoms with Crippen LogP contribution in [-0.4, -0.2) is 18.8 Å². The molecule has 0 fully saturated rings.